The third kappa shape index (κ3) is 4.05. The molecule has 0 aliphatic heterocycles. The number of amides is 1. The van der Waals surface area contributed by atoms with Crippen LogP contribution in [-0.2, 0) is 17.8 Å². The van der Waals surface area contributed by atoms with Crippen molar-refractivity contribution in [3.63, 3.8) is 0 Å². The van der Waals surface area contributed by atoms with Gasteiger partial charge in [-0.15, -0.1) is 0 Å². The molecule has 1 N–H and O–H groups in total. The normalized spacial score (nSPS) is 10.2. The zero-order valence-electron chi connectivity index (χ0n) is 10.2. The van der Waals surface area contributed by atoms with Crippen molar-refractivity contribution in [2.75, 3.05) is 6.54 Å². The summed E-state index contributed by atoms with van der Waals surface area (Å²) in [5.41, 5.74) is 1.05. The minimum absolute atomic E-state index is 0.0758. The van der Waals surface area contributed by atoms with Crippen LogP contribution < -0.4 is 5.32 Å². The molecule has 1 heterocycles. The van der Waals surface area contributed by atoms with Crippen molar-refractivity contribution in [2.45, 2.75) is 19.4 Å². The van der Waals surface area contributed by atoms with Crippen molar-refractivity contribution in [1.82, 2.24) is 14.9 Å². The van der Waals surface area contributed by atoms with E-state index in [9.17, 15) is 4.79 Å². The Labute approximate surface area is 107 Å². The van der Waals surface area contributed by atoms with Crippen LogP contribution in [0.25, 0.3) is 0 Å². The zero-order valence-corrected chi connectivity index (χ0v) is 10.2. The summed E-state index contributed by atoms with van der Waals surface area (Å²) in [7, 11) is 0. The molecule has 1 aromatic heterocycles. The van der Waals surface area contributed by atoms with E-state index in [1.165, 1.54) is 0 Å². The van der Waals surface area contributed by atoms with E-state index in [0.717, 1.165) is 18.5 Å². The molecule has 0 saturated carbocycles. The van der Waals surface area contributed by atoms with Crippen LogP contribution in [0.4, 0.5) is 0 Å². The molecule has 0 radical (unpaired) electrons. The number of carbonyl (C=O) groups is 1. The largest absolute Gasteiger partial charge is 0.356 e. The van der Waals surface area contributed by atoms with Gasteiger partial charge in [0.05, 0.1) is 12.7 Å². The monoisotopic (exact) mass is 243 g/mol. The highest BCUT2D eigenvalue weighted by molar-refractivity contribution is 5.78. The number of carbonyl (C=O) groups excluding carboxylic acids is 1. The lowest BCUT2D eigenvalue weighted by Gasteiger charge is -2.05. The molecule has 94 valence electrons. The van der Waals surface area contributed by atoms with Gasteiger partial charge in [0.15, 0.2) is 0 Å². The number of benzene rings is 1. The molecule has 2 aromatic rings. The number of nitrogens with zero attached hydrogens (tertiary/aromatic N) is 2. The molecule has 18 heavy (non-hydrogen) atoms. The molecule has 0 bridgehead atoms. The van der Waals surface area contributed by atoms with E-state index in [4.69, 9.17) is 0 Å². The number of imidazole rings is 1. The van der Waals surface area contributed by atoms with E-state index < -0.39 is 0 Å². The van der Waals surface area contributed by atoms with Gasteiger partial charge >= 0.3 is 0 Å². The third-order valence-corrected chi connectivity index (χ3v) is 2.68. The minimum Gasteiger partial charge on any atom is -0.356 e. The Morgan fingerprint density at radius 3 is 2.83 bits per heavy atom. The van der Waals surface area contributed by atoms with Gasteiger partial charge in [-0.2, -0.15) is 0 Å². The van der Waals surface area contributed by atoms with E-state index in [0.29, 0.717) is 13.0 Å². The fourth-order valence-corrected chi connectivity index (χ4v) is 1.75. The molecule has 0 spiro atoms. The average Bonchev–Trinajstić information content (AvgIpc) is 2.89. The topological polar surface area (TPSA) is 46.9 Å². The highest BCUT2D eigenvalue weighted by atomic mass is 16.1. The Balaban J connectivity index is 1.63. The number of rotatable bonds is 6. The fraction of sp³-hybridized carbons (Fsp3) is 0.286. The Morgan fingerprint density at radius 1 is 1.28 bits per heavy atom. The first-order valence-corrected chi connectivity index (χ1v) is 6.11. The second-order valence-electron chi connectivity index (χ2n) is 4.17. The Hall–Kier alpha value is -2.10. The molecule has 0 atom stereocenters. The van der Waals surface area contributed by atoms with E-state index in [1.54, 1.807) is 12.5 Å². The molecule has 2 rings (SSSR count). The standard InChI is InChI=1S/C14H17N3O/c18-14(11-13-5-2-1-3-6-13)16-7-4-9-17-10-8-15-12-17/h1-3,5-6,8,10,12H,4,7,9,11H2,(H,16,18). The number of hydrogen-bond acceptors (Lipinski definition) is 2. The first-order chi connectivity index (χ1) is 8.84. The van der Waals surface area contributed by atoms with Crippen LogP contribution in [0, 0.1) is 0 Å². The van der Waals surface area contributed by atoms with E-state index in [1.807, 2.05) is 41.1 Å². The van der Waals surface area contributed by atoms with Crippen molar-refractivity contribution >= 4 is 5.91 Å². The summed E-state index contributed by atoms with van der Waals surface area (Å²) in [5, 5.41) is 2.92. The van der Waals surface area contributed by atoms with Gasteiger partial charge in [-0.3, -0.25) is 4.79 Å². The average molecular weight is 243 g/mol. The van der Waals surface area contributed by atoms with E-state index in [-0.39, 0.29) is 5.91 Å². The smallest absolute Gasteiger partial charge is 0.224 e. The van der Waals surface area contributed by atoms with Gasteiger partial charge in [0.1, 0.15) is 0 Å². The molecule has 1 aromatic carbocycles. The van der Waals surface area contributed by atoms with Crippen molar-refractivity contribution in [2.24, 2.45) is 0 Å². The lowest BCUT2D eigenvalue weighted by Crippen LogP contribution is -2.26. The summed E-state index contributed by atoms with van der Waals surface area (Å²) >= 11 is 0. The molecule has 0 aliphatic carbocycles. The fourth-order valence-electron chi connectivity index (χ4n) is 1.75. The highest BCUT2D eigenvalue weighted by Crippen LogP contribution is 1.99. The lowest BCUT2D eigenvalue weighted by atomic mass is 10.1. The molecular weight excluding hydrogens is 226 g/mol. The first-order valence-electron chi connectivity index (χ1n) is 6.11. The van der Waals surface area contributed by atoms with Crippen LogP contribution in [0.15, 0.2) is 49.1 Å². The number of nitrogens with one attached hydrogen (secondary N) is 1. The van der Waals surface area contributed by atoms with Crippen LogP contribution in [0.5, 0.6) is 0 Å². The van der Waals surface area contributed by atoms with Crippen LogP contribution >= 0.6 is 0 Å². The summed E-state index contributed by atoms with van der Waals surface area (Å²) in [6, 6.07) is 9.77. The SMILES string of the molecule is O=C(Cc1ccccc1)NCCCn1ccnc1. The highest BCUT2D eigenvalue weighted by Gasteiger charge is 2.01. The molecular formula is C14H17N3O. The summed E-state index contributed by atoms with van der Waals surface area (Å²) in [6.07, 6.45) is 6.83. The van der Waals surface area contributed by atoms with Crippen LogP contribution in [-0.4, -0.2) is 22.0 Å². The van der Waals surface area contributed by atoms with Crippen molar-refractivity contribution in [1.29, 1.82) is 0 Å². The lowest BCUT2D eigenvalue weighted by molar-refractivity contribution is -0.120. The molecule has 4 heteroatoms. The zero-order chi connectivity index (χ0) is 12.6. The van der Waals surface area contributed by atoms with Crippen molar-refractivity contribution < 1.29 is 4.79 Å². The molecule has 1 amide bonds. The van der Waals surface area contributed by atoms with Crippen LogP contribution in [0.1, 0.15) is 12.0 Å². The number of aryl methyl sites for hydroxylation is 1. The van der Waals surface area contributed by atoms with Gasteiger partial charge in [-0.1, -0.05) is 30.3 Å². The molecule has 0 saturated heterocycles. The van der Waals surface area contributed by atoms with Gasteiger partial charge < -0.3 is 9.88 Å². The van der Waals surface area contributed by atoms with Gasteiger partial charge in [0.2, 0.25) is 5.91 Å². The summed E-state index contributed by atoms with van der Waals surface area (Å²) < 4.78 is 2.00. The van der Waals surface area contributed by atoms with Gasteiger partial charge in [0.25, 0.3) is 0 Å². The molecule has 0 aliphatic rings. The molecule has 0 fully saturated rings. The maximum atomic E-state index is 11.6. The minimum atomic E-state index is 0.0758. The second kappa shape index (κ2) is 6.59. The maximum absolute atomic E-state index is 11.6. The Bertz CT molecular complexity index is 465. The summed E-state index contributed by atoms with van der Waals surface area (Å²) in [4.78, 5) is 15.6. The van der Waals surface area contributed by atoms with Gasteiger partial charge in [-0.05, 0) is 12.0 Å². The van der Waals surface area contributed by atoms with E-state index >= 15 is 0 Å². The van der Waals surface area contributed by atoms with Crippen molar-refractivity contribution in [3.05, 3.63) is 54.6 Å². The van der Waals surface area contributed by atoms with Crippen LogP contribution in [0.2, 0.25) is 0 Å². The van der Waals surface area contributed by atoms with Crippen molar-refractivity contribution in [3.8, 4) is 0 Å². The molecule has 4 nitrogen and oxygen atoms in total. The molecule has 0 unspecified atom stereocenters. The van der Waals surface area contributed by atoms with Crippen LogP contribution in [0.3, 0.4) is 0 Å². The first kappa shape index (κ1) is 12.4. The number of hydrogen-bond donors (Lipinski definition) is 1. The second-order valence-corrected chi connectivity index (χ2v) is 4.17. The van der Waals surface area contributed by atoms with Gasteiger partial charge in [0, 0.05) is 25.5 Å². The number of aromatic nitrogens is 2. The predicted molar refractivity (Wildman–Crippen MR) is 70.0 cm³/mol. The maximum Gasteiger partial charge on any atom is 0.224 e. The van der Waals surface area contributed by atoms with Gasteiger partial charge in [-0.25, -0.2) is 4.98 Å². The third-order valence-electron chi connectivity index (χ3n) is 2.68. The summed E-state index contributed by atoms with van der Waals surface area (Å²) in [5.74, 6) is 0.0758. The van der Waals surface area contributed by atoms with E-state index in [2.05, 4.69) is 10.3 Å². The Kier molecular flexibility index (Phi) is 4.53. The quantitative estimate of drug-likeness (QED) is 0.784. The Morgan fingerprint density at radius 2 is 2.11 bits per heavy atom. The summed E-state index contributed by atoms with van der Waals surface area (Å²) in [6.45, 7) is 1.58. The predicted octanol–water partition coefficient (Wildman–Crippen LogP) is 1.63.